The lowest BCUT2D eigenvalue weighted by atomic mass is 10.2. The third-order valence-electron chi connectivity index (χ3n) is 2.16. The van der Waals surface area contributed by atoms with Gasteiger partial charge in [0.2, 0.25) is 0 Å². The largest absolute Gasteiger partial charge is 0.326 e. The fourth-order valence-electron chi connectivity index (χ4n) is 1.62. The van der Waals surface area contributed by atoms with Gasteiger partial charge in [0.05, 0.1) is 5.03 Å². The summed E-state index contributed by atoms with van der Waals surface area (Å²) >= 11 is 1.37. The van der Waals surface area contributed by atoms with Gasteiger partial charge in [0.15, 0.2) is 0 Å². The van der Waals surface area contributed by atoms with Crippen molar-refractivity contribution in [3.8, 4) is 0 Å². The van der Waals surface area contributed by atoms with Gasteiger partial charge in [-0.2, -0.15) is 0 Å². The van der Waals surface area contributed by atoms with E-state index in [9.17, 15) is 9.59 Å². The SMILES string of the molecule is Cc1cc(C)cc(Sc2cc(=O)[nH]c(=O)[nH]2)c1. The summed E-state index contributed by atoms with van der Waals surface area (Å²) in [5.74, 6) is 0. The number of hydrogen-bond acceptors (Lipinski definition) is 3. The molecule has 88 valence electrons. The second kappa shape index (κ2) is 4.63. The van der Waals surface area contributed by atoms with Gasteiger partial charge in [0.25, 0.3) is 5.56 Å². The lowest BCUT2D eigenvalue weighted by Gasteiger charge is -2.04. The smallest absolute Gasteiger partial charge is 0.302 e. The summed E-state index contributed by atoms with van der Waals surface area (Å²) in [7, 11) is 0. The van der Waals surface area contributed by atoms with Crippen LogP contribution in [0.2, 0.25) is 0 Å². The molecule has 17 heavy (non-hydrogen) atoms. The molecular formula is C12H12N2O2S. The van der Waals surface area contributed by atoms with Crippen molar-refractivity contribution in [2.45, 2.75) is 23.8 Å². The number of aryl methyl sites for hydroxylation is 2. The first-order valence-corrected chi connectivity index (χ1v) is 5.94. The lowest BCUT2D eigenvalue weighted by molar-refractivity contribution is 0.949. The summed E-state index contributed by atoms with van der Waals surface area (Å²) in [6.45, 7) is 4.02. The maximum Gasteiger partial charge on any atom is 0.326 e. The summed E-state index contributed by atoms with van der Waals surface area (Å²) in [5, 5.41) is 0.545. The minimum absolute atomic E-state index is 0.388. The molecule has 0 bridgehead atoms. The molecular weight excluding hydrogens is 236 g/mol. The molecule has 0 radical (unpaired) electrons. The van der Waals surface area contributed by atoms with Gasteiger partial charge in [-0.05, 0) is 37.1 Å². The van der Waals surface area contributed by atoms with Crippen LogP contribution in [0.1, 0.15) is 11.1 Å². The molecule has 0 fully saturated rings. The topological polar surface area (TPSA) is 65.7 Å². The second-order valence-electron chi connectivity index (χ2n) is 3.88. The normalized spacial score (nSPS) is 10.5. The highest BCUT2D eigenvalue weighted by molar-refractivity contribution is 7.99. The van der Waals surface area contributed by atoms with Gasteiger partial charge in [0.1, 0.15) is 0 Å². The summed E-state index contributed by atoms with van der Waals surface area (Å²) in [5.41, 5.74) is 1.43. The highest BCUT2D eigenvalue weighted by atomic mass is 32.2. The van der Waals surface area contributed by atoms with E-state index in [2.05, 4.69) is 16.0 Å². The van der Waals surface area contributed by atoms with Crippen molar-refractivity contribution in [1.29, 1.82) is 0 Å². The van der Waals surface area contributed by atoms with E-state index in [0.717, 1.165) is 16.0 Å². The molecule has 0 atom stereocenters. The molecule has 2 rings (SSSR count). The van der Waals surface area contributed by atoms with Crippen LogP contribution in [0.3, 0.4) is 0 Å². The van der Waals surface area contributed by atoms with Crippen LogP contribution in [-0.2, 0) is 0 Å². The Hall–Kier alpha value is -1.75. The Morgan fingerprint density at radius 2 is 1.59 bits per heavy atom. The third-order valence-corrected chi connectivity index (χ3v) is 3.07. The molecule has 0 spiro atoms. The molecule has 0 amide bonds. The Morgan fingerprint density at radius 3 is 2.18 bits per heavy atom. The predicted octanol–water partition coefficient (Wildman–Crippen LogP) is 1.83. The Morgan fingerprint density at radius 1 is 0.941 bits per heavy atom. The monoisotopic (exact) mass is 248 g/mol. The fraction of sp³-hybridized carbons (Fsp3) is 0.167. The van der Waals surface area contributed by atoms with E-state index in [-0.39, 0.29) is 5.56 Å². The van der Waals surface area contributed by atoms with E-state index in [0.29, 0.717) is 5.03 Å². The molecule has 0 saturated heterocycles. The summed E-state index contributed by atoms with van der Waals surface area (Å²) in [4.78, 5) is 28.0. The maximum absolute atomic E-state index is 11.1. The average molecular weight is 248 g/mol. The zero-order valence-electron chi connectivity index (χ0n) is 9.53. The van der Waals surface area contributed by atoms with Crippen molar-refractivity contribution in [1.82, 2.24) is 9.97 Å². The van der Waals surface area contributed by atoms with Crippen LogP contribution in [0.15, 0.2) is 43.8 Å². The van der Waals surface area contributed by atoms with Crippen molar-refractivity contribution in [2.75, 3.05) is 0 Å². The van der Waals surface area contributed by atoms with E-state index < -0.39 is 5.69 Å². The molecule has 2 aromatic rings. The van der Waals surface area contributed by atoms with Gasteiger partial charge in [-0.3, -0.25) is 9.78 Å². The fourth-order valence-corrected chi connectivity index (χ4v) is 2.67. The molecule has 5 heteroatoms. The van der Waals surface area contributed by atoms with Gasteiger partial charge >= 0.3 is 5.69 Å². The van der Waals surface area contributed by atoms with Crippen molar-refractivity contribution in [3.63, 3.8) is 0 Å². The average Bonchev–Trinajstić information content (AvgIpc) is 2.13. The van der Waals surface area contributed by atoms with Crippen molar-refractivity contribution < 1.29 is 0 Å². The van der Waals surface area contributed by atoms with E-state index in [1.54, 1.807) is 0 Å². The van der Waals surface area contributed by atoms with Crippen molar-refractivity contribution in [2.24, 2.45) is 0 Å². The van der Waals surface area contributed by atoms with Gasteiger partial charge in [0, 0.05) is 11.0 Å². The van der Waals surface area contributed by atoms with Crippen LogP contribution in [-0.4, -0.2) is 9.97 Å². The predicted molar refractivity (Wildman–Crippen MR) is 67.7 cm³/mol. The molecule has 2 N–H and O–H groups in total. The quantitative estimate of drug-likeness (QED) is 0.797. The number of benzene rings is 1. The van der Waals surface area contributed by atoms with Crippen LogP contribution < -0.4 is 11.2 Å². The number of hydrogen-bond donors (Lipinski definition) is 2. The Bertz CT molecular complexity index is 610. The Balaban J connectivity index is 2.37. The van der Waals surface area contributed by atoms with Crippen LogP contribution in [0.4, 0.5) is 0 Å². The molecule has 0 saturated carbocycles. The number of aromatic amines is 2. The second-order valence-corrected chi connectivity index (χ2v) is 4.99. The first kappa shape index (κ1) is 11.7. The van der Waals surface area contributed by atoms with Gasteiger partial charge in [-0.25, -0.2) is 4.79 Å². The van der Waals surface area contributed by atoms with Gasteiger partial charge < -0.3 is 4.98 Å². The van der Waals surface area contributed by atoms with Crippen LogP contribution >= 0.6 is 11.8 Å². The number of nitrogens with one attached hydrogen (secondary N) is 2. The highest BCUT2D eigenvalue weighted by Gasteiger charge is 2.01. The Labute approximate surface area is 102 Å². The van der Waals surface area contributed by atoms with E-state index >= 15 is 0 Å². The zero-order valence-corrected chi connectivity index (χ0v) is 10.4. The summed E-state index contributed by atoms with van der Waals surface area (Å²) in [6, 6.07) is 7.47. The molecule has 4 nitrogen and oxygen atoms in total. The molecule has 0 aliphatic rings. The van der Waals surface area contributed by atoms with Crippen molar-refractivity contribution >= 4 is 11.8 Å². The van der Waals surface area contributed by atoms with Crippen molar-refractivity contribution in [3.05, 3.63) is 56.2 Å². The van der Waals surface area contributed by atoms with Gasteiger partial charge in [-0.15, -0.1) is 0 Å². The molecule has 1 aromatic carbocycles. The summed E-state index contributed by atoms with van der Waals surface area (Å²) in [6.07, 6.45) is 0. The van der Waals surface area contributed by atoms with E-state index in [1.807, 2.05) is 26.0 Å². The van der Waals surface area contributed by atoms with Gasteiger partial charge in [-0.1, -0.05) is 17.8 Å². The standard InChI is InChI=1S/C12H12N2O2S/c1-7-3-8(2)5-9(4-7)17-11-6-10(15)13-12(16)14-11/h3-6H,1-2H3,(H2,13,14,15,16). The number of aromatic nitrogens is 2. The first-order chi connectivity index (χ1) is 8.02. The van der Waals surface area contributed by atoms with Crippen LogP contribution in [0, 0.1) is 13.8 Å². The maximum atomic E-state index is 11.1. The first-order valence-electron chi connectivity index (χ1n) is 5.13. The Kier molecular flexibility index (Phi) is 3.19. The molecule has 1 heterocycles. The molecule has 0 aliphatic carbocycles. The molecule has 1 aromatic heterocycles. The third kappa shape index (κ3) is 3.10. The summed E-state index contributed by atoms with van der Waals surface area (Å²) < 4.78 is 0. The molecule has 0 aliphatic heterocycles. The zero-order chi connectivity index (χ0) is 12.4. The molecule has 0 unspecified atom stereocenters. The number of rotatable bonds is 2. The number of H-pyrrole nitrogens is 2. The van der Waals surface area contributed by atoms with E-state index in [1.165, 1.54) is 17.8 Å². The van der Waals surface area contributed by atoms with E-state index in [4.69, 9.17) is 0 Å². The lowest BCUT2D eigenvalue weighted by Crippen LogP contribution is -2.21. The minimum atomic E-state index is -0.482. The highest BCUT2D eigenvalue weighted by Crippen LogP contribution is 2.26. The van der Waals surface area contributed by atoms with Crippen LogP contribution in [0.25, 0.3) is 0 Å². The van der Waals surface area contributed by atoms with Crippen LogP contribution in [0.5, 0.6) is 0 Å². The minimum Gasteiger partial charge on any atom is -0.302 e.